The highest BCUT2D eigenvalue weighted by molar-refractivity contribution is 7.17. The summed E-state index contributed by atoms with van der Waals surface area (Å²) >= 11 is 1.69. The zero-order valence-corrected chi connectivity index (χ0v) is 6.35. The number of nitrogens with zero attached hydrogens (tertiary/aromatic N) is 2. The van der Waals surface area contributed by atoms with Gasteiger partial charge in [0.2, 0.25) is 0 Å². The van der Waals surface area contributed by atoms with Gasteiger partial charge in [0.25, 0.3) is 0 Å². The Bertz CT molecular complexity index is 353. The van der Waals surface area contributed by atoms with Crippen molar-refractivity contribution in [1.29, 1.82) is 0 Å². The number of thiophene rings is 1. The Kier molecular flexibility index (Phi) is 1.17. The molecule has 0 spiro atoms. The van der Waals surface area contributed by atoms with Crippen molar-refractivity contribution in [2.75, 3.05) is 0 Å². The van der Waals surface area contributed by atoms with Gasteiger partial charge in [-0.05, 0) is 18.4 Å². The third-order valence-electron chi connectivity index (χ3n) is 1.42. The smallest absolute Gasteiger partial charge is 0.116 e. The van der Waals surface area contributed by atoms with E-state index >= 15 is 0 Å². The van der Waals surface area contributed by atoms with Crippen LogP contribution >= 0.6 is 11.3 Å². The van der Waals surface area contributed by atoms with Crippen molar-refractivity contribution >= 4 is 21.6 Å². The molecule has 0 aromatic carbocycles. The Morgan fingerprint density at radius 2 is 2.30 bits per heavy atom. The summed E-state index contributed by atoms with van der Waals surface area (Å²) in [5, 5.41) is 2.03. The maximum atomic E-state index is 4.10. The van der Waals surface area contributed by atoms with Crippen LogP contribution in [-0.4, -0.2) is 9.97 Å². The van der Waals surface area contributed by atoms with Crippen LogP contribution in [0.5, 0.6) is 0 Å². The van der Waals surface area contributed by atoms with Crippen LogP contribution in [0.15, 0.2) is 17.8 Å². The van der Waals surface area contributed by atoms with Crippen molar-refractivity contribution in [2.45, 2.75) is 6.92 Å². The molecule has 50 valence electrons. The van der Waals surface area contributed by atoms with Gasteiger partial charge < -0.3 is 0 Å². The molecule has 2 heterocycles. The zero-order chi connectivity index (χ0) is 6.97. The molecule has 0 saturated heterocycles. The molecular weight excluding hydrogens is 144 g/mol. The molecule has 10 heavy (non-hydrogen) atoms. The van der Waals surface area contributed by atoms with Gasteiger partial charge in [-0.15, -0.1) is 11.3 Å². The average molecular weight is 150 g/mol. The van der Waals surface area contributed by atoms with Gasteiger partial charge in [-0.2, -0.15) is 0 Å². The molecule has 2 aromatic heterocycles. The first-order valence-electron chi connectivity index (χ1n) is 3.03. The van der Waals surface area contributed by atoms with E-state index in [0.717, 1.165) is 11.2 Å². The number of aryl methyl sites for hydroxylation is 1. The number of hydrogen-bond acceptors (Lipinski definition) is 3. The van der Waals surface area contributed by atoms with Gasteiger partial charge in [0.1, 0.15) is 6.33 Å². The van der Waals surface area contributed by atoms with Crippen LogP contribution in [0.1, 0.15) is 5.69 Å². The molecule has 0 N–H and O–H groups in total. The van der Waals surface area contributed by atoms with Crippen molar-refractivity contribution in [3.8, 4) is 0 Å². The molecular formula is C7H6N2S. The number of aromatic nitrogens is 2. The van der Waals surface area contributed by atoms with Crippen molar-refractivity contribution in [1.82, 2.24) is 9.97 Å². The summed E-state index contributed by atoms with van der Waals surface area (Å²) in [6.07, 6.45) is 1.60. The molecule has 2 nitrogen and oxygen atoms in total. The van der Waals surface area contributed by atoms with Crippen molar-refractivity contribution in [3.05, 3.63) is 23.5 Å². The van der Waals surface area contributed by atoms with E-state index < -0.39 is 0 Å². The second kappa shape index (κ2) is 2.02. The lowest BCUT2D eigenvalue weighted by molar-refractivity contribution is 1.16. The first-order valence-corrected chi connectivity index (χ1v) is 3.91. The van der Waals surface area contributed by atoms with Gasteiger partial charge in [0.15, 0.2) is 0 Å². The molecule has 0 aliphatic rings. The van der Waals surface area contributed by atoms with Gasteiger partial charge in [-0.3, -0.25) is 0 Å². The fourth-order valence-electron chi connectivity index (χ4n) is 0.911. The van der Waals surface area contributed by atoms with E-state index in [4.69, 9.17) is 0 Å². The van der Waals surface area contributed by atoms with Gasteiger partial charge >= 0.3 is 0 Å². The molecule has 2 aromatic rings. The monoisotopic (exact) mass is 150 g/mol. The first kappa shape index (κ1) is 5.80. The first-order chi connectivity index (χ1) is 4.88. The number of rotatable bonds is 0. The molecule has 0 aliphatic carbocycles. The van der Waals surface area contributed by atoms with Crippen molar-refractivity contribution in [3.63, 3.8) is 0 Å². The lowest BCUT2D eigenvalue weighted by Gasteiger charge is -1.89. The molecule has 0 radical (unpaired) electrons. The maximum absolute atomic E-state index is 4.10. The lowest BCUT2D eigenvalue weighted by Crippen LogP contribution is -1.80. The van der Waals surface area contributed by atoms with E-state index in [2.05, 4.69) is 9.97 Å². The molecule has 0 unspecified atom stereocenters. The summed E-state index contributed by atoms with van der Waals surface area (Å²) in [7, 11) is 0. The molecule has 0 atom stereocenters. The maximum Gasteiger partial charge on any atom is 0.116 e. The second-order valence-electron chi connectivity index (χ2n) is 2.09. The Morgan fingerprint density at radius 1 is 1.40 bits per heavy atom. The largest absolute Gasteiger partial charge is 0.240 e. The van der Waals surface area contributed by atoms with E-state index in [1.54, 1.807) is 17.7 Å². The SMILES string of the molecule is Cc1ncnc2ccsc12. The minimum atomic E-state index is 1.05. The number of fused-ring (bicyclic) bond motifs is 1. The second-order valence-corrected chi connectivity index (χ2v) is 3.01. The highest BCUT2D eigenvalue weighted by Crippen LogP contribution is 2.19. The van der Waals surface area contributed by atoms with E-state index in [1.165, 1.54) is 4.70 Å². The average Bonchev–Trinajstić information content (AvgIpc) is 2.36. The van der Waals surface area contributed by atoms with E-state index in [1.807, 2.05) is 18.4 Å². The van der Waals surface area contributed by atoms with E-state index in [9.17, 15) is 0 Å². The summed E-state index contributed by atoms with van der Waals surface area (Å²) < 4.78 is 1.20. The Balaban J connectivity index is 2.95. The summed E-state index contributed by atoms with van der Waals surface area (Å²) in [4.78, 5) is 8.18. The normalized spacial score (nSPS) is 10.5. The third-order valence-corrected chi connectivity index (χ3v) is 2.43. The zero-order valence-electron chi connectivity index (χ0n) is 5.53. The highest BCUT2D eigenvalue weighted by Gasteiger charge is 1.97. The quantitative estimate of drug-likeness (QED) is 0.574. The van der Waals surface area contributed by atoms with Crippen LogP contribution in [0.4, 0.5) is 0 Å². The highest BCUT2D eigenvalue weighted by atomic mass is 32.1. The van der Waals surface area contributed by atoms with Gasteiger partial charge in [-0.25, -0.2) is 9.97 Å². The molecule has 2 rings (SSSR count). The van der Waals surface area contributed by atoms with Crippen LogP contribution in [-0.2, 0) is 0 Å². The Labute approximate surface area is 62.6 Å². The van der Waals surface area contributed by atoms with Crippen molar-refractivity contribution < 1.29 is 0 Å². The Morgan fingerprint density at radius 3 is 3.10 bits per heavy atom. The fraction of sp³-hybridized carbons (Fsp3) is 0.143. The minimum Gasteiger partial charge on any atom is -0.240 e. The van der Waals surface area contributed by atoms with Crippen LogP contribution in [0.25, 0.3) is 10.2 Å². The third kappa shape index (κ3) is 0.708. The standard InChI is InChI=1S/C7H6N2S/c1-5-7-6(2-3-10-7)9-4-8-5/h2-4H,1H3. The summed E-state index contributed by atoms with van der Waals surface area (Å²) in [6.45, 7) is 2.00. The lowest BCUT2D eigenvalue weighted by atomic mass is 10.4. The predicted molar refractivity (Wildman–Crippen MR) is 42.2 cm³/mol. The van der Waals surface area contributed by atoms with E-state index in [0.29, 0.717) is 0 Å². The summed E-state index contributed by atoms with van der Waals surface area (Å²) in [5.41, 5.74) is 2.12. The Hall–Kier alpha value is -0.960. The minimum absolute atomic E-state index is 1.05. The molecule has 0 aliphatic heterocycles. The molecule has 0 fully saturated rings. The summed E-state index contributed by atoms with van der Waals surface area (Å²) in [6, 6.07) is 2.01. The number of hydrogen-bond donors (Lipinski definition) is 0. The van der Waals surface area contributed by atoms with Crippen LogP contribution < -0.4 is 0 Å². The van der Waals surface area contributed by atoms with E-state index in [-0.39, 0.29) is 0 Å². The molecule has 0 amide bonds. The fourth-order valence-corrected chi connectivity index (χ4v) is 1.71. The van der Waals surface area contributed by atoms with Gasteiger partial charge in [0, 0.05) is 0 Å². The van der Waals surface area contributed by atoms with Crippen LogP contribution in [0.3, 0.4) is 0 Å². The predicted octanol–water partition coefficient (Wildman–Crippen LogP) is 2.00. The van der Waals surface area contributed by atoms with Crippen LogP contribution in [0.2, 0.25) is 0 Å². The topological polar surface area (TPSA) is 25.8 Å². The molecule has 0 bridgehead atoms. The summed E-state index contributed by atoms with van der Waals surface area (Å²) in [5.74, 6) is 0. The van der Waals surface area contributed by atoms with Crippen LogP contribution in [0, 0.1) is 6.92 Å². The molecule has 0 saturated carbocycles. The van der Waals surface area contributed by atoms with Crippen molar-refractivity contribution in [2.24, 2.45) is 0 Å². The van der Waals surface area contributed by atoms with Gasteiger partial charge in [-0.1, -0.05) is 0 Å². The van der Waals surface area contributed by atoms with Gasteiger partial charge in [0.05, 0.1) is 15.9 Å². The molecule has 3 heteroatoms.